The molecule has 10 atom stereocenters. The number of carbonyl (C=O) groups is 1. The highest BCUT2D eigenvalue weighted by Gasteiger charge is 2.60. The molecule has 0 unspecified atom stereocenters. The molecule has 0 saturated carbocycles. The molecule has 5 rings (SSSR count). The summed E-state index contributed by atoms with van der Waals surface area (Å²) in [5, 5.41) is 27.6. The number of aliphatic hydroxyl groups excluding tert-OH is 1. The van der Waals surface area contributed by atoms with Crippen molar-refractivity contribution in [1.82, 2.24) is 0 Å². The zero-order valence-electron chi connectivity index (χ0n) is 28.7. The SMILES string of the molecule is CO/N=C1/C[C@]2(C[C@@H]3C[C@@H](C/C=C(\C)C[C@@H](C)C=CC=C4CO[C@@H]5[C@H](O)C(C)=C[C@@H](C(=O)O3)[C@]45O)O2)O[C@H](C(C)=CC(C)C)[C@H]1C. The molecule has 4 aliphatic heterocycles. The van der Waals surface area contributed by atoms with Gasteiger partial charge in [0.05, 0.1) is 24.5 Å². The van der Waals surface area contributed by atoms with Crippen LogP contribution >= 0.6 is 0 Å². The highest BCUT2D eigenvalue weighted by molar-refractivity contribution is 5.88. The molecule has 9 heteroatoms. The minimum absolute atomic E-state index is 0.0340. The number of allylic oxidation sites excluding steroid dienone is 5. The monoisotopic (exact) mass is 639 g/mol. The first kappa shape index (κ1) is 34.8. The first-order chi connectivity index (χ1) is 21.8. The van der Waals surface area contributed by atoms with Crippen LogP contribution in [0.5, 0.6) is 0 Å². The summed E-state index contributed by atoms with van der Waals surface area (Å²) in [7, 11) is 1.55. The number of hydrogen-bond donors (Lipinski definition) is 2. The first-order valence-electron chi connectivity index (χ1n) is 16.8. The molecule has 0 aromatic rings. The molecule has 2 bridgehead atoms. The van der Waals surface area contributed by atoms with E-state index in [4.69, 9.17) is 23.8 Å². The number of aliphatic hydroxyl groups is 2. The van der Waals surface area contributed by atoms with Crippen LogP contribution < -0.4 is 0 Å². The molecule has 4 heterocycles. The number of fused-ring (bicyclic) bond motifs is 2. The summed E-state index contributed by atoms with van der Waals surface area (Å²) in [4.78, 5) is 19.4. The molecular weight excluding hydrogens is 586 g/mol. The molecule has 0 aromatic heterocycles. The lowest BCUT2D eigenvalue weighted by atomic mass is 9.71. The van der Waals surface area contributed by atoms with Gasteiger partial charge in [0.2, 0.25) is 0 Å². The largest absolute Gasteiger partial charge is 0.462 e. The molecule has 46 heavy (non-hydrogen) atoms. The lowest BCUT2D eigenvalue weighted by Crippen LogP contribution is -2.59. The van der Waals surface area contributed by atoms with E-state index < -0.39 is 41.6 Å². The number of rotatable bonds is 3. The number of oxime groups is 1. The maximum absolute atomic E-state index is 14.2. The van der Waals surface area contributed by atoms with Crippen LogP contribution in [0.25, 0.3) is 0 Å². The van der Waals surface area contributed by atoms with Crippen molar-refractivity contribution in [3.63, 3.8) is 0 Å². The number of nitrogens with zero attached hydrogens (tertiary/aromatic N) is 1. The fourth-order valence-corrected chi connectivity index (χ4v) is 7.94. The highest BCUT2D eigenvalue weighted by atomic mass is 16.7. The van der Waals surface area contributed by atoms with Gasteiger partial charge in [0.1, 0.15) is 36.9 Å². The van der Waals surface area contributed by atoms with Gasteiger partial charge in [-0.3, -0.25) is 4.79 Å². The van der Waals surface area contributed by atoms with E-state index in [1.807, 2.05) is 12.2 Å². The normalized spacial score (nSPS) is 42.7. The van der Waals surface area contributed by atoms with Crippen molar-refractivity contribution in [2.24, 2.45) is 28.8 Å². The third kappa shape index (κ3) is 6.99. The zero-order valence-corrected chi connectivity index (χ0v) is 28.7. The van der Waals surface area contributed by atoms with Gasteiger partial charge in [0.15, 0.2) is 5.79 Å². The van der Waals surface area contributed by atoms with Gasteiger partial charge in [-0.05, 0) is 62.2 Å². The molecule has 0 aromatic carbocycles. The Morgan fingerprint density at radius 1 is 1.20 bits per heavy atom. The quantitative estimate of drug-likeness (QED) is 0.229. The smallest absolute Gasteiger partial charge is 0.316 e. The summed E-state index contributed by atoms with van der Waals surface area (Å²) in [6.45, 7) is 14.6. The van der Waals surface area contributed by atoms with E-state index in [1.165, 1.54) is 5.57 Å². The van der Waals surface area contributed by atoms with Crippen LogP contribution in [-0.4, -0.2) is 77.5 Å². The summed E-state index contributed by atoms with van der Waals surface area (Å²) < 4.78 is 26.0. The third-order valence-electron chi connectivity index (χ3n) is 10.1. The molecule has 1 aliphatic carbocycles. The number of esters is 1. The zero-order chi connectivity index (χ0) is 33.4. The molecule has 9 nitrogen and oxygen atoms in total. The van der Waals surface area contributed by atoms with E-state index in [0.29, 0.717) is 42.7 Å². The fraction of sp³-hybridized carbons (Fsp3) is 0.676. The van der Waals surface area contributed by atoms with Crippen LogP contribution in [0.2, 0.25) is 0 Å². The van der Waals surface area contributed by atoms with Crippen molar-refractivity contribution in [2.75, 3.05) is 13.7 Å². The summed E-state index contributed by atoms with van der Waals surface area (Å²) >= 11 is 0. The van der Waals surface area contributed by atoms with Gasteiger partial charge in [-0.2, -0.15) is 0 Å². The van der Waals surface area contributed by atoms with Gasteiger partial charge in [-0.1, -0.05) is 74.9 Å². The van der Waals surface area contributed by atoms with E-state index in [0.717, 1.165) is 17.7 Å². The molecule has 0 radical (unpaired) electrons. The second kappa shape index (κ2) is 13.9. The Morgan fingerprint density at radius 3 is 2.67 bits per heavy atom. The predicted octanol–water partition coefficient (Wildman–Crippen LogP) is 5.73. The standard InChI is InChI=1S/C37H53NO8/c1-21(2)14-25(6)33-26(7)31(38-42-8)19-36(46-33)18-29-17-28(45-36)13-12-23(4)15-22(3)10-9-11-27-20-43-34-32(39)24(5)16-30(35(40)44-29)37(27,34)41/h9-12,14,16,21-22,26,28-30,32-34,39,41H,13,15,17-20H2,1-8H3/b10-9?,23-12+,25-14?,27-11?,38-31-/t22-,26-,28+,29-,30-,32+,33+,34+,36-,37+/m0/s1. The van der Waals surface area contributed by atoms with Crippen molar-refractivity contribution in [1.29, 1.82) is 0 Å². The van der Waals surface area contributed by atoms with E-state index in [2.05, 4.69) is 64.9 Å². The van der Waals surface area contributed by atoms with Crippen LogP contribution in [0.1, 0.15) is 80.6 Å². The predicted molar refractivity (Wildman–Crippen MR) is 176 cm³/mol. The van der Waals surface area contributed by atoms with E-state index in [1.54, 1.807) is 20.1 Å². The minimum Gasteiger partial charge on any atom is -0.462 e. The maximum Gasteiger partial charge on any atom is 0.316 e. The molecule has 2 N–H and O–H groups in total. The molecule has 3 fully saturated rings. The lowest BCUT2D eigenvalue weighted by Gasteiger charge is -2.50. The van der Waals surface area contributed by atoms with Crippen LogP contribution in [-0.2, 0) is 28.6 Å². The van der Waals surface area contributed by atoms with Gasteiger partial charge in [-0.25, -0.2) is 0 Å². The van der Waals surface area contributed by atoms with Crippen molar-refractivity contribution >= 4 is 11.7 Å². The average molecular weight is 640 g/mol. The lowest BCUT2D eigenvalue weighted by molar-refractivity contribution is -0.313. The Morgan fingerprint density at radius 2 is 1.96 bits per heavy atom. The second-order valence-electron chi connectivity index (χ2n) is 14.5. The number of carbonyl (C=O) groups excluding carboxylic acids is 1. The highest BCUT2D eigenvalue weighted by Crippen LogP contribution is 2.47. The van der Waals surface area contributed by atoms with Crippen molar-refractivity contribution in [2.45, 2.75) is 122 Å². The van der Waals surface area contributed by atoms with Gasteiger partial charge < -0.3 is 34.0 Å². The molecule has 5 aliphatic rings. The third-order valence-corrected chi connectivity index (χ3v) is 10.1. The summed E-state index contributed by atoms with van der Waals surface area (Å²) in [5.41, 5.74) is 2.54. The van der Waals surface area contributed by atoms with Gasteiger partial charge >= 0.3 is 5.97 Å². The van der Waals surface area contributed by atoms with Gasteiger partial charge in [0, 0.05) is 25.2 Å². The summed E-state index contributed by atoms with van der Waals surface area (Å²) in [5.74, 6) is -2.15. The van der Waals surface area contributed by atoms with Crippen molar-refractivity contribution in [3.05, 3.63) is 58.7 Å². The minimum atomic E-state index is -1.74. The van der Waals surface area contributed by atoms with E-state index in [-0.39, 0.29) is 30.7 Å². The molecule has 3 saturated heterocycles. The van der Waals surface area contributed by atoms with Crippen LogP contribution in [0, 0.1) is 23.7 Å². The van der Waals surface area contributed by atoms with Crippen LogP contribution in [0.3, 0.4) is 0 Å². The Bertz CT molecular complexity index is 1340. The first-order valence-corrected chi connectivity index (χ1v) is 16.8. The summed E-state index contributed by atoms with van der Waals surface area (Å²) in [6, 6.07) is 0. The Hall–Kier alpha value is -2.56. The average Bonchev–Trinajstić information content (AvgIpc) is 3.31. The van der Waals surface area contributed by atoms with Gasteiger partial charge in [-0.15, -0.1) is 0 Å². The molecule has 1 spiro atoms. The number of hydrogen-bond acceptors (Lipinski definition) is 9. The van der Waals surface area contributed by atoms with E-state index >= 15 is 0 Å². The molecular formula is C37H53NO8. The topological polar surface area (TPSA) is 116 Å². The Balaban J connectivity index is 1.55. The summed E-state index contributed by atoms with van der Waals surface area (Å²) in [6.07, 6.45) is 11.4. The molecule has 254 valence electrons. The van der Waals surface area contributed by atoms with Crippen molar-refractivity contribution < 1.29 is 38.8 Å². The Labute approximate surface area is 274 Å². The van der Waals surface area contributed by atoms with Crippen molar-refractivity contribution in [3.8, 4) is 0 Å². The van der Waals surface area contributed by atoms with Gasteiger partial charge in [0.25, 0.3) is 0 Å². The molecule has 0 amide bonds. The fourth-order valence-electron chi connectivity index (χ4n) is 7.94. The van der Waals surface area contributed by atoms with Crippen LogP contribution in [0.15, 0.2) is 63.9 Å². The number of ether oxygens (including phenoxy) is 4. The Kier molecular flexibility index (Phi) is 10.5. The van der Waals surface area contributed by atoms with E-state index in [9.17, 15) is 15.0 Å². The van der Waals surface area contributed by atoms with Crippen LogP contribution in [0.4, 0.5) is 0 Å². The second-order valence-corrected chi connectivity index (χ2v) is 14.5. The maximum atomic E-state index is 14.2.